The Labute approximate surface area is 342 Å². The molecule has 0 fully saturated rings. The van der Waals surface area contributed by atoms with Crippen LogP contribution < -0.4 is 16.1 Å². The van der Waals surface area contributed by atoms with Crippen LogP contribution in [0.4, 0.5) is 11.6 Å². The third-order valence-electron chi connectivity index (χ3n) is 10.8. The number of rotatable bonds is 10. The highest BCUT2D eigenvalue weighted by Gasteiger charge is 2.28. The summed E-state index contributed by atoms with van der Waals surface area (Å²) in [6, 6.07) is 30.7. The van der Waals surface area contributed by atoms with E-state index in [0.717, 1.165) is 24.0 Å². The summed E-state index contributed by atoms with van der Waals surface area (Å²) < 4.78 is 0. The van der Waals surface area contributed by atoms with Crippen LogP contribution in [0.5, 0.6) is 0 Å². The van der Waals surface area contributed by atoms with E-state index in [-0.39, 0.29) is 22.7 Å². The summed E-state index contributed by atoms with van der Waals surface area (Å²) in [7, 11) is 0. The number of nitrogens with zero attached hydrogens (tertiary/aromatic N) is 2. The number of aromatic nitrogens is 3. The fourth-order valence-corrected chi connectivity index (χ4v) is 7.34. The first-order valence-electron chi connectivity index (χ1n) is 20.8. The van der Waals surface area contributed by atoms with Crippen molar-refractivity contribution in [1.29, 1.82) is 0 Å². The number of H-pyrrole nitrogens is 1. The highest BCUT2D eigenvalue weighted by Crippen LogP contribution is 2.38. The molecule has 3 aliphatic rings. The Bertz CT molecular complexity index is 2210. The van der Waals surface area contributed by atoms with Gasteiger partial charge in [0.05, 0.1) is 11.4 Å². The van der Waals surface area contributed by atoms with Gasteiger partial charge in [0.15, 0.2) is 5.43 Å². The van der Waals surface area contributed by atoms with Gasteiger partial charge in [-0.1, -0.05) is 132 Å². The molecule has 0 unspecified atom stereocenters. The van der Waals surface area contributed by atoms with Gasteiger partial charge in [0.1, 0.15) is 23.0 Å². The van der Waals surface area contributed by atoms with Crippen molar-refractivity contribution in [2.75, 3.05) is 10.6 Å². The molecule has 0 aliphatic carbocycles. The molecule has 2 amide bonds. The van der Waals surface area contributed by atoms with Gasteiger partial charge in [-0.05, 0) is 89.5 Å². The molecule has 6 heterocycles. The molecule has 58 heavy (non-hydrogen) atoms. The zero-order valence-corrected chi connectivity index (χ0v) is 33.8. The van der Waals surface area contributed by atoms with Crippen molar-refractivity contribution >= 4 is 23.5 Å². The van der Waals surface area contributed by atoms with Crippen LogP contribution in [0.2, 0.25) is 0 Å². The Morgan fingerprint density at radius 3 is 1.47 bits per heavy atom. The summed E-state index contributed by atoms with van der Waals surface area (Å²) >= 11 is 0. The van der Waals surface area contributed by atoms with Crippen LogP contribution in [0.25, 0.3) is 0 Å². The number of nitrogens with one attached hydrogen (secondary N) is 3. The van der Waals surface area contributed by atoms with E-state index in [1.165, 1.54) is 74.6 Å². The average Bonchev–Trinajstić information content (AvgIpc) is 3.23. The maximum Gasteiger partial charge on any atom is 0.225 e. The Hall–Kier alpha value is -6.25. The molecule has 296 valence electrons. The molecule has 0 spiro atoms. The summed E-state index contributed by atoms with van der Waals surface area (Å²) in [5.41, 5.74) is 5.85. The lowest BCUT2D eigenvalue weighted by Crippen LogP contribution is -2.24. The lowest BCUT2D eigenvalue weighted by molar-refractivity contribution is -0.117. The molecule has 8 rings (SSSR count). The van der Waals surface area contributed by atoms with E-state index in [1.54, 1.807) is 36.4 Å². The van der Waals surface area contributed by atoms with Gasteiger partial charge in [-0.3, -0.25) is 14.4 Å². The number of carbonyl (C=O) groups excluding carboxylic acids is 2. The van der Waals surface area contributed by atoms with Crippen LogP contribution in [0, 0.1) is 23.7 Å². The molecule has 0 radical (unpaired) electrons. The number of unbranched alkanes of at least 4 members (excludes halogenated alkanes) is 8. The van der Waals surface area contributed by atoms with Gasteiger partial charge >= 0.3 is 0 Å². The molecule has 5 aromatic rings. The Kier molecular flexibility index (Phi) is 14.8. The smallest absolute Gasteiger partial charge is 0.225 e. The Balaban J connectivity index is 1.23. The van der Waals surface area contributed by atoms with Crippen LogP contribution in [-0.4, -0.2) is 26.8 Å². The van der Waals surface area contributed by atoms with E-state index < -0.39 is 0 Å². The van der Waals surface area contributed by atoms with Crippen molar-refractivity contribution in [2.24, 2.45) is 0 Å². The highest BCUT2D eigenvalue weighted by atomic mass is 16.2. The highest BCUT2D eigenvalue weighted by molar-refractivity contribution is 5.90. The van der Waals surface area contributed by atoms with Crippen molar-refractivity contribution in [1.82, 2.24) is 15.0 Å². The van der Waals surface area contributed by atoms with Crippen LogP contribution in [0.1, 0.15) is 136 Å². The molecular formula is C50H53N5O3. The van der Waals surface area contributed by atoms with E-state index in [9.17, 15) is 14.4 Å². The van der Waals surface area contributed by atoms with Crippen molar-refractivity contribution in [2.45, 2.75) is 109 Å². The van der Waals surface area contributed by atoms with Crippen molar-refractivity contribution in [3.8, 4) is 23.7 Å². The monoisotopic (exact) mass is 771 g/mol. The fourth-order valence-electron chi connectivity index (χ4n) is 7.34. The zero-order chi connectivity index (χ0) is 40.6. The second-order valence-corrected chi connectivity index (χ2v) is 15.4. The average molecular weight is 772 g/mol. The first kappa shape index (κ1) is 41.4. The second kappa shape index (κ2) is 20.8. The predicted octanol–water partition coefficient (Wildman–Crippen LogP) is 9.65. The summed E-state index contributed by atoms with van der Waals surface area (Å²) in [6.07, 6.45) is 14.4. The number of anilines is 2. The lowest BCUT2D eigenvalue weighted by Gasteiger charge is -2.32. The molecule has 0 saturated heterocycles. The minimum atomic E-state index is -0.256. The molecule has 10 bridgehead atoms. The zero-order valence-electron chi connectivity index (χ0n) is 33.8. The van der Waals surface area contributed by atoms with E-state index >= 15 is 0 Å². The van der Waals surface area contributed by atoms with Crippen molar-refractivity contribution < 1.29 is 9.59 Å². The molecule has 3 aliphatic heterocycles. The maximum absolute atomic E-state index is 13.0. The number of aromatic amines is 1. The summed E-state index contributed by atoms with van der Waals surface area (Å²) in [5.74, 6) is 12.4. The molecule has 2 aromatic carbocycles. The number of hydrogen-bond donors (Lipinski definition) is 3. The topological polar surface area (TPSA) is 117 Å². The molecule has 8 nitrogen and oxygen atoms in total. The first-order valence-corrected chi connectivity index (χ1v) is 20.8. The van der Waals surface area contributed by atoms with E-state index in [2.05, 4.69) is 112 Å². The normalized spacial score (nSPS) is 14.0. The third kappa shape index (κ3) is 12.4. The number of carbonyl (C=O) groups is 2. The standard InChI is InChI=1S/C50H53N5O3/c1-3-4-5-6-7-8-9-10-11-34-50(2)39-24-18-37(19-25-39)22-32-48(57)54-46-16-12-14-41(52-46)28-30-43-35-45(56)36-44(51-43)31-29-42-15-13-17-47(53-42)55-49(58)33-23-38-20-26-40(50)27-21-38/h12-21,24-27,35-36H,3-11,22-23,32-34H2,1-2H3,(H,51,56)(H,52,54,57)(H,53,55,58). The third-order valence-corrected chi connectivity index (χ3v) is 10.8. The van der Waals surface area contributed by atoms with Gasteiger partial charge in [0, 0.05) is 30.4 Å². The molecule has 8 heteroatoms. The van der Waals surface area contributed by atoms with Crippen LogP contribution in [0.15, 0.2) is 102 Å². The van der Waals surface area contributed by atoms with Crippen molar-refractivity contribution in [3.05, 3.63) is 152 Å². The number of pyridine rings is 3. The molecule has 3 aromatic heterocycles. The van der Waals surface area contributed by atoms with Gasteiger partial charge < -0.3 is 15.6 Å². The van der Waals surface area contributed by atoms with Gasteiger partial charge in [0.2, 0.25) is 11.8 Å². The van der Waals surface area contributed by atoms with E-state index in [0.29, 0.717) is 60.1 Å². The Morgan fingerprint density at radius 2 is 1.00 bits per heavy atom. The number of fused-ring (bicyclic) bond motifs is 2. The molecular weight excluding hydrogens is 719 g/mol. The summed E-state index contributed by atoms with van der Waals surface area (Å²) in [5, 5.41) is 5.82. The molecule has 0 atom stereocenters. The summed E-state index contributed by atoms with van der Waals surface area (Å²) in [6.45, 7) is 4.61. The van der Waals surface area contributed by atoms with Gasteiger partial charge in [-0.2, -0.15) is 0 Å². The second-order valence-electron chi connectivity index (χ2n) is 15.4. The molecule has 0 saturated carbocycles. The van der Waals surface area contributed by atoms with Crippen LogP contribution in [-0.2, 0) is 27.8 Å². The lowest BCUT2D eigenvalue weighted by atomic mass is 9.72. The minimum absolute atomic E-state index is 0.134. The maximum atomic E-state index is 13.0. The predicted molar refractivity (Wildman–Crippen MR) is 233 cm³/mol. The first-order chi connectivity index (χ1) is 28.3. The van der Waals surface area contributed by atoms with Crippen LogP contribution in [0.3, 0.4) is 0 Å². The Morgan fingerprint density at radius 1 is 0.552 bits per heavy atom. The number of hydrogen-bond acceptors (Lipinski definition) is 5. The minimum Gasteiger partial charge on any atom is -0.341 e. The number of aryl methyl sites for hydroxylation is 2. The van der Waals surface area contributed by atoms with Gasteiger partial charge in [-0.15, -0.1) is 0 Å². The number of benzene rings is 2. The van der Waals surface area contributed by atoms with Gasteiger partial charge in [0.25, 0.3) is 0 Å². The largest absolute Gasteiger partial charge is 0.341 e. The SMILES string of the molecule is CCCCCCCCCCCC1(C)c2ccc(cc2)CCC(=O)Nc2cccc(n2)C#Cc2cc(=O)cc([nH]2)C#Cc2cccc(n2)NC(=O)CCc2ccc1cc2. The fraction of sp³-hybridized carbons (Fsp3) is 0.340. The van der Waals surface area contributed by atoms with Crippen molar-refractivity contribution in [3.63, 3.8) is 0 Å². The van der Waals surface area contributed by atoms with Crippen LogP contribution >= 0.6 is 0 Å². The quantitative estimate of drug-likeness (QED) is 0.0966. The van der Waals surface area contributed by atoms with E-state index in [4.69, 9.17) is 0 Å². The number of amides is 2. The van der Waals surface area contributed by atoms with E-state index in [1.807, 2.05) is 0 Å². The molecule has 3 N–H and O–H groups in total. The summed E-state index contributed by atoms with van der Waals surface area (Å²) in [4.78, 5) is 50.6. The van der Waals surface area contributed by atoms with Gasteiger partial charge in [-0.25, -0.2) is 9.97 Å².